The molecule has 1 fully saturated rings. The van der Waals surface area contributed by atoms with Crippen LogP contribution in [0.2, 0.25) is 0 Å². The SMILES string of the molecule is CCCN1C(=O)CCC1C(C)C. The van der Waals surface area contributed by atoms with Crippen LogP contribution < -0.4 is 0 Å². The lowest BCUT2D eigenvalue weighted by molar-refractivity contribution is -0.129. The highest BCUT2D eigenvalue weighted by Gasteiger charge is 2.31. The fraction of sp³-hybridized carbons (Fsp3) is 0.900. The van der Waals surface area contributed by atoms with Gasteiger partial charge in [-0.15, -0.1) is 0 Å². The van der Waals surface area contributed by atoms with E-state index in [1.165, 1.54) is 0 Å². The highest BCUT2D eigenvalue weighted by Crippen LogP contribution is 2.24. The second kappa shape index (κ2) is 3.92. The third-order valence-corrected chi connectivity index (χ3v) is 2.61. The van der Waals surface area contributed by atoms with Crippen LogP contribution in [0.5, 0.6) is 0 Å². The van der Waals surface area contributed by atoms with Gasteiger partial charge in [0.1, 0.15) is 0 Å². The lowest BCUT2D eigenvalue weighted by Crippen LogP contribution is -2.36. The lowest BCUT2D eigenvalue weighted by Gasteiger charge is -2.27. The molecule has 0 N–H and O–H groups in total. The van der Waals surface area contributed by atoms with Gasteiger partial charge in [-0.2, -0.15) is 0 Å². The first-order valence-corrected chi connectivity index (χ1v) is 4.96. The predicted molar refractivity (Wildman–Crippen MR) is 49.9 cm³/mol. The second-order valence-corrected chi connectivity index (χ2v) is 3.94. The van der Waals surface area contributed by atoms with Crippen molar-refractivity contribution in [3.63, 3.8) is 0 Å². The Bertz CT molecular complexity index is 165. The van der Waals surface area contributed by atoms with E-state index in [1.54, 1.807) is 0 Å². The van der Waals surface area contributed by atoms with Crippen LogP contribution in [-0.4, -0.2) is 23.4 Å². The van der Waals surface area contributed by atoms with Crippen LogP contribution in [0.3, 0.4) is 0 Å². The molecule has 1 amide bonds. The molecule has 1 aliphatic rings. The molecule has 2 nitrogen and oxygen atoms in total. The monoisotopic (exact) mass is 169 g/mol. The minimum absolute atomic E-state index is 0.357. The summed E-state index contributed by atoms with van der Waals surface area (Å²) in [5.74, 6) is 0.971. The van der Waals surface area contributed by atoms with Gasteiger partial charge in [-0.1, -0.05) is 20.8 Å². The van der Waals surface area contributed by atoms with E-state index in [4.69, 9.17) is 0 Å². The topological polar surface area (TPSA) is 20.3 Å². The number of carbonyl (C=O) groups excluding carboxylic acids is 1. The van der Waals surface area contributed by atoms with Crippen molar-refractivity contribution < 1.29 is 4.79 Å². The van der Waals surface area contributed by atoms with Crippen LogP contribution in [0.1, 0.15) is 40.0 Å². The molecule has 1 unspecified atom stereocenters. The number of hydrogen-bond donors (Lipinski definition) is 0. The Labute approximate surface area is 74.9 Å². The summed E-state index contributed by atoms with van der Waals surface area (Å²) >= 11 is 0. The van der Waals surface area contributed by atoms with Crippen molar-refractivity contribution in [3.8, 4) is 0 Å². The molecule has 12 heavy (non-hydrogen) atoms. The van der Waals surface area contributed by atoms with E-state index >= 15 is 0 Å². The molecule has 0 aromatic rings. The third kappa shape index (κ3) is 1.79. The van der Waals surface area contributed by atoms with Crippen LogP contribution in [0.4, 0.5) is 0 Å². The maximum atomic E-state index is 11.4. The molecule has 0 aromatic carbocycles. The van der Waals surface area contributed by atoms with Gasteiger partial charge in [0.25, 0.3) is 0 Å². The van der Waals surface area contributed by atoms with Gasteiger partial charge in [-0.05, 0) is 18.8 Å². The average Bonchev–Trinajstić information content (AvgIpc) is 2.34. The van der Waals surface area contributed by atoms with Crippen molar-refractivity contribution in [2.45, 2.75) is 46.1 Å². The Hall–Kier alpha value is -0.530. The molecule has 0 spiro atoms. The van der Waals surface area contributed by atoms with Crippen molar-refractivity contribution in [3.05, 3.63) is 0 Å². The third-order valence-electron chi connectivity index (χ3n) is 2.61. The molecule has 1 rings (SSSR count). The fourth-order valence-corrected chi connectivity index (χ4v) is 1.98. The van der Waals surface area contributed by atoms with Crippen LogP contribution in [-0.2, 0) is 4.79 Å². The Kier molecular flexibility index (Phi) is 3.12. The number of carbonyl (C=O) groups is 1. The van der Waals surface area contributed by atoms with Crippen molar-refractivity contribution in [1.82, 2.24) is 4.90 Å². The molecule has 1 atom stereocenters. The zero-order chi connectivity index (χ0) is 9.14. The molecular formula is C10H19NO. The first-order chi connectivity index (χ1) is 5.66. The molecule has 0 saturated carbocycles. The van der Waals surface area contributed by atoms with Crippen molar-refractivity contribution >= 4 is 5.91 Å². The largest absolute Gasteiger partial charge is 0.339 e. The Morgan fingerprint density at radius 2 is 2.25 bits per heavy atom. The molecule has 0 radical (unpaired) electrons. The first-order valence-electron chi connectivity index (χ1n) is 4.96. The summed E-state index contributed by atoms with van der Waals surface area (Å²) in [4.78, 5) is 13.5. The summed E-state index contributed by atoms with van der Waals surface area (Å²) in [6.07, 6.45) is 2.91. The summed E-state index contributed by atoms with van der Waals surface area (Å²) in [5.41, 5.74) is 0. The minimum atomic E-state index is 0.357. The van der Waals surface area contributed by atoms with Crippen molar-refractivity contribution in [2.24, 2.45) is 5.92 Å². The van der Waals surface area contributed by atoms with Gasteiger partial charge in [-0.3, -0.25) is 4.79 Å². The summed E-state index contributed by atoms with van der Waals surface area (Å²) < 4.78 is 0. The Morgan fingerprint density at radius 3 is 2.75 bits per heavy atom. The minimum Gasteiger partial charge on any atom is -0.339 e. The van der Waals surface area contributed by atoms with E-state index in [2.05, 4.69) is 25.7 Å². The van der Waals surface area contributed by atoms with Crippen LogP contribution in [0.15, 0.2) is 0 Å². The number of rotatable bonds is 3. The molecule has 1 aliphatic heterocycles. The van der Waals surface area contributed by atoms with E-state index in [0.717, 1.165) is 25.8 Å². The summed E-state index contributed by atoms with van der Waals surface area (Å²) in [5, 5.41) is 0. The summed E-state index contributed by atoms with van der Waals surface area (Å²) in [6.45, 7) is 7.47. The van der Waals surface area contributed by atoms with E-state index in [9.17, 15) is 4.79 Å². The Morgan fingerprint density at radius 1 is 1.58 bits per heavy atom. The standard InChI is InChI=1S/C10H19NO/c1-4-7-11-9(8(2)3)5-6-10(11)12/h8-9H,4-7H2,1-3H3. The van der Waals surface area contributed by atoms with E-state index in [-0.39, 0.29) is 0 Å². The second-order valence-electron chi connectivity index (χ2n) is 3.94. The van der Waals surface area contributed by atoms with Gasteiger partial charge >= 0.3 is 0 Å². The van der Waals surface area contributed by atoms with Gasteiger partial charge in [0.2, 0.25) is 5.91 Å². The normalized spacial score (nSPS) is 24.2. The van der Waals surface area contributed by atoms with Crippen molar-refractivity contribution in [2.75, 3.05) is 6.54 Å². The van der Waals surface area contributed by atoms with E-state index in [1.807, 2.05) is 0 Å². The fourth-order valence-electron chi connectivity index (χ4n) is 1.98. The van der Waals surface area contributed by atoms with Crippen LogP contribution in [0, 0.1) is 5.92 Å². The van der Waals surface area contributed by atoms with Gasteiger partial charge < -0.3 is 4.90 Å². The Balaban J connectivity index is 2.57. The van der Waals surface area contributed by atoms with E-state index < -0.39 is 0 Å². The maximum Gasteiger partial charge on any atom is 0.222 e. The molecule has 1 heterocycles. The van der Waals surface area contributed by atoms with Gasteiger partial charge in [0, 0.05) is 19.0 Å². The highest BCUT2D eigenvalue weighted by atomic mass is 16.2. The lowest BCUT2D eigenvalue weighted by atomic mass is 10.0. The smallest absolute Gasteiger partial charge is 0.222 e. The zero-order valence-electron chi connectivity index (χ0n) is 8.34. The van der Waals surface area contributed by atoms with Gasteiger partial charge in [-0.25, -0.2) is 0 Å². The quantitative estimate of drug-likeness (QED) is 0.633. The molecular weight excluding hydrogens is 150 g/mol. The van der Waals surface area contributed by atoms with Crippen LogP contribution in [0.25, 0.3) is 0 Å². The average molecular weight is 169 g/mol. The van der Waals surface area contributed by atoms with Gasteiger partial charge in [0.15, 0.2) is 0 Å². The molecule has 1 saturated heterocycles. The van der Waals surface area contributed by atoms with Crippen molar-refractivity contribution in [1.29, 1.82) is 0 Å². The molecule has 0 aliphatic carbocycles. The summed E-state index contributed by atoms with van der Waals surface area (Å²) in [7, 11) is 0. The highest BCUT2D eigenvalue weighted by molar-refractivity contribution is 5.78. The molecule has 70 valence electrons. The molecule has 2 heteroatoms. The number of amides is 1. The predicted octanol–water partition coefficient (Wildman–Crippen LogP) is 2.04. The number of hydrogen-bond acceptors (Lipinski definition) is 1. The van der Waals surface area contributed by atoms with Gasteiger partial charge in [0.05, 0.1) is 0 Å². The van der Waals surface area contributed by atoms with E-state index in [0.29, 0.717) is 17.9 Å². The molecule has 0 bridgehead atoms. The number of likely N-dealkylation sites (tertiary alicyclic amines) is 1. The number of nitrogens with zero attached hydrogens (tertiary/aromatic N) is 1. The first kappa shape index (κ1) is 9.56. The van der Waals surface area contributed by atoms with Crippen LogP contribution >= 0.6 is 0 Å². The maximum absolute atomic E-state index is 11.4. The molecule has 0 aromatic heterocycles. The summed E-state index contributed by atoms with van der Waals surface area (Å²) in [6, 6.07) is 0.512. The zero-order valence-corrected chi connectivity index (χ0v) is 8.34.